The number of rotatable bonds is 6. The van der Waals surface area contributed by atoms with Crippen molar-refractivity contribution in [3.63, 3.8) is 0 Å². The fraction of sp³-hybridized carbons (Fsp3) is 0.472. The monoisotopic (exact) mass is 707 g/mol. The van der Waals surface area contributed by atoms with E-state index in [1.807, 2.05) is 16.7 Å². The molecule has 3 aliphatic rings. The molecule has 2 aromatic carbocycles. The van der Waals surface area contributed by atoms with Crippen molar-refractivity contribution >= 4 is 27.7 Å². The average molecular weight is 708 g/mol. The number of morpholine rings is 1. The van der Waals surface area contributed by atoms with Gasteiger partial charge in [0.2, 0.25) is 5.91 Å². The zero-order valence-electron chi connectivity index (χ0n) is 27.5. The molecule has 0 unspecified atom stereocenters. The number of amides is 1. The van der Waals surface area contributed by atoms with Crippen LogP contribution in [0.3, 0.4) is 0 Å². The number of carbonyl (C=O) groups excluding carboxylic acids is 1. The topological polar surface area (TPSA) is 227 Å². The Balaban J connectivity index is 1.32. The van der Waals surface area contributed by atoms with E-state index in [0.717, 1.165) is 23.9 Å². The number of benzene rings is 2. The molecule has 3 aromatic rings. The van der Waals surface area contributed by atoms with E-state index >= 15 is 0 Å². The lowest BCUT2D eigenvalue weighted by Crippen LogP contribution is -2.58. The minimum Gasteiger partial charge on any atom is -0.512 e. The zero-order chi connectivity index (χ0) is 36.2. The van der Waals surface area contributed by atoms with Crippen LogP contribution in [-0.2, 0) is 25.5 Å². The number of aliphatic hydroxyl groups is 8. The summed E-state index contributed by atoms with van der Waals surface area (Å²) in [6.45, 7) is 3.37. The first kappa shape index (κ1) is 36.6. The lowest BCUT2D eigenvalue weighted by Gasteiger charge is -2.37. The van der Waals surface area contributed by atoms with Gasteiger partial charge in [0.15, 0.2) is 11.9 Å². The Labute approximate surface area is 292 Å². The molecule has 1 amide bonds. The summed E-state index contributed by atoms with van der Waals surface area (Å²) in [6, 6.07) is 10.7. The number of fused-ring (bicyclic) bond motifs is 3. The van der Waals surface area contributed by atoms with Crippen LogP contribution in [0, 0.1) is 23.7 Å². The Bertz CT molecular complexity index is 1880. The van der Waals surface area contributed by atoms with Crippen molar-refractivity contribution in [2.75, 3.05) is 46.0 Å². The standard InChI is InChI=1S/C36H41N3O12/c40-18-28-33(45)35(47)31(43)26(50-28)7-3-20-1-5-22-23-6-2-21(4-8-27-32(44)36(48)34(46)29(19-41)51-27)16-25(23)39(24(22)15-20)17-30(42)37-9-10-38-11-13-49-14-12-38/h1-2,5-6,15-16,18,26-27,29,31-36,40-41,43-48H,9-14,17,19H2,(H,37,42)/b28-18+/t26-,27-,29-,31-,32-,33-,34-,35-,36-/m1/s1. The fourth-order valence-corrected chi connectivity index (χ4v) is 6.37. The number of aliphatic hydroxyl groups excluding tert-OH is 8. The summed E-state index contributed by atoms with van der Waals surface area (Å²) < 4.78 is 18.1. The number of hydrogen-bond donors (Lipinski definition) is 9. The first-order valence-corrected chi connectivity index (χ1v) is 16.6. The molecule has 0 aliphatic carbocycles. The zero-order valence-corrected chi connectivity index (χ0v) is 27.5. The van der Waals surface area contributed by atoms with Crippen molar-refractivity contribution in [1.29, 1.82) is 0 Å². The Kier molecular flexibility index (Phi) is 11.5. The highest BCUT2D eigenvalue weighted by molar-refractivity contribution is 6.09. The van der Waals surface area contributed by atoms with Crippen molar-refractivity contribution in [2.24, 2.45) is 0 Å². The van der Waals surface area contributed by atoms with Gasteiger partial charge in [-0.2, -0.15) is 0 Å². The molecule has 0 spiro atoms. The van der Waals surface area contributed by atoms with Crippen LogP contribution in [0.1, 0.15) is 11.1 Å². The van der Waals surface area contributed by atoms with Crippen LogP contribution in [0.5, 0.6) is 0 Å². The molecule has 4 heterocycles. The van der Waals surface area contributed by atoms with Crippen molar-refractivity contribution in [2.45, 2.75) is 61.5 Å². The van der Waals surface area contributed by atoms with Gasteiger partial charge in [0.1, 0.15) is 61.6 Å². The predicted octanol–water partition coefficient (Wildman–Crippen LogP) is -2.33. The molecule has 0 bridgehead atoms. The molecule has 272 valence electrons. The Hall–Kier alpha value is -4.23. The van der Waals surface area contributed by atoms with E-state index in [2.05, 4.69) is 33.9 Å². The van der Waals surface area contributed by atoms with Crippen molar-refractivity contribution in [1.82, 2.24) is 14.8 Å². The van der Waals surface area contributed by atoms with Crippen LogP contribution in [0.2, 0.25) is 0 Å². The first-order chi connectivity index (χ1) is 24.6. The molecular formula is C36H41N3O12. The van der Waals surface area contributed by atoms with Crippen LogP contribution in [0.4, 0.5) is 0 Å². The molecule has 1 aromatic heterocycles. The Morgan fingerprint density at radius 3 is 2.06 bits per heavy atom. The SMILES string of the molecule is O=C(Cn1c2cc(C#C[C@H]3O[C@H](CO)[C@@H](O)[C@H](O)[C@@H]3O)ccc2c2ccc(C#C[C@H]3O/C(=C/O)[C@@H](O)[C@H](O)[C@@H]3O)cc21)NCCN1CCOCC1. The van der Waals surface area contributed by atoms with Gasteiger partial charge in [0.05, 0.1) is 30.9 Å². The van der Waals surface area contributed by atoms with Crippen LogP contribution >= 0.6 is 0 Å². The largest absolute Gasteiger partial charge is 0.512 e. The van der Waals surface area contributed by atoms with E-state index in [4.69, 9.17) is 14.2 Å². The predicted molar refractivity (Wildman–Crippen MR) is 181 cm³/mol. The van der Waals surface area contributed by atoms with Gasteiger partial charge in [-0.3, -0.25) is 9.69 Å². The van der Waals surface area contributed by atoms with E-state index in [0.29, 0.717) is 54.7 Å². The summed E-state index contributed by atoms with van der Waals surface area (Å²) in [6.07, 6.45) is -12.4. The van der Waals surface area contributed by atoms with Gasteiger partial charge < -0.3 is 64.9 Å². The molecule has 0 radical (unpaired) electrons. The van der Waals surface area contributed by atoms with Gasteiger partial charge >= 0.3 is 0 Å². The maximum absolute atomic E-state index is 13.3. The lowest BCUT2D eigenvalue weighted by molar-refractivity contribution is -0.214. The van der Waals surface area contributed by atoms with Gasteiger partial charge in [-0.25, -0.2) is 0 Å². The van der Waals surface area contributed by atoms with Crippen molar-refractivity contribution in [3.05, 3.63) is 59.5 Å². The highest BCUT2D eigenvalue weighted by Gasteiger charge is 2.43. The highest BCUT2D eigenvalue weighted by atomic mass is 16.5. The third kappa shape index (κ3) is 7.84. The van der Waals surface area contributed by atoms with E-state index in [1.165, 1.54) is 0 Å². The minimum absolute atomic E-state index is 0.0528. The van der Waals surface area contributed by atoms with Crippen LogP contribution in [0.25, 0.3) is 21.8 Å². The molecule has 6 rings (SSSR count). The van der Waals surface area contributed by atoms with Gasteiger partial charge in [0.25, 0.3) is 0 Å². The second kappa shape index (κ2) is 16.0. The second-order valence-corrected chi connectivity index (χ2v) is 12.6. The summed E-state index contributed by atoms with van der Waals surface area (Å²) in [5, 5.41) is 84.8. The quantitative estimate of drug-likeness (QED) is 0.0970. The number of nitrogens with zero attached hydrogens (tertiary/aromatic N) is 2. The fourth-order valence-electron chi connectivity index (χ4n) is 6.37. The van der Waals surface area contributed by atoms with E-state index < -0.39 is 61.5 Å². The maximum Gasteiger partial charge on any atom is 0.240 e. The number of hydrogen-bond acceptors (Lipinski definition) is 13. The number of nitrogens with one attached hydrogen (secondary N) is 1. The van der Waals surface area contributed by atoms with Crippen LogP contribution in [0.15, 0.2) is 48.4 Å². The molecule has 3 fully saturated rings. The summed E-state index contributed by atoms with van der Waals surface area (Å²) in [7, 11) is 0. The molecular weight excluding hydrogens is 666 g/mol. The number of aromatic nitrogens is 1. The van der Waals surface area contributed by atoms with Gasteiger partial charge in [-0.1, -0.05) is 35.8 Å². The number of carbonyl (C=O) groups is 1. The normalized spacial score (nSPS) is 30.6. The summed E-state index contributed by atoms with van der Waals surface area (Å²) in [5.41, 5.74) is 2.33. The van der Waals surface area contributed by atoms with Gasteiger partial charge in [-0.15, -0.1) is 0 Å². The maximum atomic E-state index is 13.3. The molecule has 15 nitrogen and oxygen atoms in total. The third-order valence-electron chi connectivity index (χ3n) is 9.30. The van der Waals surface area contributed by atoms with Gasteiger partial charge in [-0.05, 0) is 24.3 Å². The number of ether oxygens (including phenoxy) is 3. The lowest BCUT2D eigenvalue weighted by atomic mass is 9.95. The Morgan fingerprint density at radius 2 is 1.45 bits per heavy atom. The molecule has 9 N–H and O–H groups in total. The third-order valence-corrected chi connectivity index (χ3v) is 9.30. The summed E-state index contributed by atoms with van der Waals surface area (Å²) >= 11 is 0. The van der Waals surface area contributed by atoms with Crippen LogP contribution < -0.4 is 5.32 Å². The minimum atomic E-state index is -1.62. The molecule has 15 heteroatoms. The first-order valence-electron chi connectivity index (χ1n) is 16.6. The smallest absolute Gasteiger partial charge is 0.240 e. The van der Waals surface area contributed by atoms with E-state index in [-0.39, 0.29) is 18.2 Å². The molecule has 0 saturated carbocycles. The van der Waals surface area contributed by atoms with Crippen molar-refractivity contribution in [3.8, 4) is 23.7 Å². The van der Waals surface area contributed by atoms with Crippen molar-refractivity contribution < 1.29 is 59.9 Å². The van der Waals surface area contributed by atoms with Crippen LogP contribution in [-0.4, -0.2) is 157 Å². The molecule has 51 heavy (non-hydrogen) atoms. The van der Waals surface area contributed by atoms with E-state index in [1.54, 1.807) is 24.3 Å². The molecule has 3 saturated heterocycles. The Morgan fingerprint density at radius 1 is 0.843 bits per heavy atom. The average Bonchev–Trinajstić information content (AvgIpc) is 3.44. The highest BCUT2D eigenvalue weighted by Crippen LogP contribution is 2.31. The second-order valence-electron chi connectivity index (χ2n) is 12.6. The molecule has 3 aliphatic heterocycles. The summed E-state index contributed by atoms with van der Waals surface area (Å²) in [4.78, 5) is 15.5. The summed E-state index contributed by atoms with van der Waals surface area (Å²) in [5.74, 6) is 10.8. The molecule has 9 atom stereocenters. The van der Waals surface area contributed by atoms with Gasteiger partial charge in [0, 0.05) is 48.1 Å². The van der Waals surface area contributed by atoms with E-state index in [9.17, 15) is 45.6 Å².